The topological polar surface area (TPSA) is 61.7 Å². The molecule has 0 spiro atoms. The van der Waals surface area contributed by atoms with Gasteiger partial charge in [0.05, 0.1) is 17.2 Å². The molecule has 0 fully saturated rings. The molecular formula is C5H6N4S. The highest BCUT2D eigenvalue weighted by molar-refractivity contribution is 7.07. The third kappa shape index (κ3) is 1.46. The molecule has 0 unspecified atom stereocenters. The van der Waals surface area contributed by atoms with Crippen molar-refractivity contribution in [1.82, 2.24) is 4.98 Å². The lowest BCUT2D eigenvalue weighted by atomic mass is 10.3. The summed E-state index contributed by atoms with van der Waals surface area (Å²) < 4.78 is 0. The van der Waals surface area contributed by atoms with Crippen LogP contribution in [0.4, 0.5) is 0 Å². The van der Waals surface area contributed by atoms with E-state index in [0.717, 1.165) is 5.69 Å². The lowest BCUT2D eigenvalue weighted by Gasteiger charge is -1.95. The minimum atomic E-state index is -0.142. The molecule has 52 valence electrons. The second-order valence-corrected chi connectivity index (χ2v) is 2.51. The molecule has 0 radical (unpaired) electrons. The van der Waals surface area contributed by atoms with Crippen molar-refractivity contribution in [3.05, 3.63) is 27.0 Å². The molecule has 1 aromatic rings. The minimum Gasteiger partial charge on any atom is -0.249 e. The molecule has 0 amide bonds. The second kappa shape index (κ2) is 3.20. The Balaban J connectivity index is 2.76. The average Bonchev–Trinajstić information content (AvgIpc) is 2.38. The van der Waals surface area contributed by atoms with Crippen LogP contribution in [-0.2, 0) is 0 Å². The first-order valence-corrected chi connectivity index (χ1v) is 3.71. The highest BCUT2D eigenvalue weighted by atomic mass is 32.1. The molecule has 0 bridgehead atoms. The maximum absolute atomic E-state index is 8.07. The summed E-state index contributed by atoms with van der Waals surface area (Å²) in [6.07, 6.45) is 0. The Morgan fingerprint density at radius 3 is 3.20 bits per heavy atom. The van der Waals surface area contributed by atoms with Gasteiger partial charge < -0.3 is 0 Å². The summed E-state index contributed by atoms with van der Waals surface area (Å²) in [6.45, 7) is 1.81. The number of hydrogen-bond acceptors (Lipinski definition) is 3. The van der Waals surface area contributed by atoms with E-state index in [1.807, 2.05) is 12.3 Å². The van der Waals surface area contributed by atoms with Gasteiger partial charge in [-0.05, 0) is 5.53 Å². The predicted molar refractivity (Wildman–Crippen MR) is 39.7 cm³/mol. The monoisotopic (exact) mass is 154 g/mol. The molecule has 5 heteroatoms. The third-order valence-electron chi connectivity index (χ3n) is 1.10. The first-order valence-electron chi connectivity index (χ1n) is 2.77. The summed E-state index contributed by atoms with van der Waals surface area (Å²) in [5.41, 5.74) is 10.6. The predicted octanol–water partition coefficient (Wildman–Crippen LogP) is 2.51. The zero-order valence-electron chi connectivity index (χ0n) is 5.43. The van der Waals surface area contributed by atoms with Crippen LogP contribution in [0.5, 0.6) is 0 Å². The smallest absolute Gasteiger partial charge is 0.0794 e. The molecule has 0 saturated carbocycles. The van der Waals surface area contributed by atoms with Crippen LogP contribution >= 0.6 is 11.3 Å². The van der Waals surface area contributed by atoms with Crippen LogP contribution in [0.25, 0.3) is 10.4 Å². The van der Waals surface area contributed by atoms with Crippen molar-refractivity contribution in [2.75, 3.05) is 0 Å². The Kier molecular flexibility index (Phi) is 2.25. The zero-order chi connectivity index (χ0) is 7.40. The zero-order valence-corrected chi connectivity index (χ0v) is 6.25. The van der Waals surface area contributed by atoms with E-state index in [-0.39, 0.29) is 6.04 Å². The summed E-state index contributed by atoms with van der Waals surface area (Å²) in [6, 6.07) is -0.142. The van der Waals surface area contributed by atoms with Crippen molar-refractivity contribution in [2.24, 2.45) is 5.11 Å². The highest BCUT2D eigenvalue weighted by Crippen LogP contribution is 2.15. The van der Waals surface area contributed by atoms with Gasteiger partial charge >= 0.3 is 0 Å². The van der Waals surface area contributed by atoms with Crippen molar-refractivity contribution < 1.29 is 0 Å². The molecule has 0 N–H and O–H groups in total. The molecule has 1 atom stereocenters. The van der Waals surface area contributed by atoms with Crippen LogP contribution in [0.2, 0.25) is 0 Å². The number of rotatable bonds is 2. The van der Waals surface area contributed by atoms with E-state index < -0.39 is 0 Å². The number of thiazole rings is 1. The van der Waals surface area contributed by atoms with Crippen molar-refractivity contribution in [2.45, 2.75) is 13.0 Å². The molecular weight excluding hydrogens is 148 g/mol. The molecule has 1 heterocycles. The molecule has 1 aromatic heterocycles. The summed E-state index contributed by atoms with van der Waals surface area (Å²) in [5.74, 6) is 0. The standard InChI is InChI=1S/C5H6N4S/c1-4(8-9-6)5-2-10-3-7-5/h2-4H,1H3/t4-/m1/s1. The molecule has 0 saturated heterocycles. The highest BCUT2D eigenvalue weighted by Gasteiger charge is 2.02. The third-order valence-corrected chi connectivity index (χ3v) is 1.71. The fraction of sp³-hybridized carbons (Fsp3) is 0.400. The van der Waals surface area contributed by atoms with Crippen LogP contribution in [-0.4, -0.2) is 4.98 Å². The van der Waals surface area contributed by atoms with E-state index in [4.69, 9.17) is 5.53 Å². The van der Waals surface area contributed by atoms with Crippen molar-refractivity contribution in [3.8, 4) is 0 Å². The van der Waals surface area contributed by atoms with Crippen LogP contribution in [0.15, 0.2) is 16.0 Å². The average molecular weight is 154 g/mol. The minimum absolute atomic E-state index is 0.142. The van der Waals surface area contributed by atoms with E-state index in [9.17, 15) is 0 Å². The van der Waals surface area contributed by atoms with Gasteiger partial charge in [-0.1, -0.05) is 12.0 Å². The van der Waals surface area contributed by atoms with Gasteiger partial charge in [0.15, 0.2) is 0 Å². The van der Waals surface area contributed by atoms with Gasteiger partial charge in [-0.15, -0.1) is 11.3 Å². The molecule has 1 rings (SSSR count). The van der Waals surface area contributed by atoms with E-state index in [1.165, 1.54) is 11.3 Å². The fourth-order valence-corrected chi connectivity index (χ4v) is 1.21. The molecule has 4 nitrogen and oxygen atoms in total. The Bertz CT molecular complexity index is 236. The van der Waals surface area contributed by atoms with Crippen molar-refractivity contribution >= 4 is 11.3 Å². The van der Waals surface area contributed by atoms with E-state index in [2.05, 4.69) is 15.0 Å². The van der Waals surface area contributed by atoms with Crippen LogP contribution < -0.4 is 0 Å². The van der Waals surface area contributed by atoms with Gasteiger partial charge in [0.2, 0.25) is 0 Å². The first-order chi connectivity index (χ1) is 4.84. The first kappa shape index (κ1) is 7.05. The summed E-state index contributed by atoms with van der Waals surface area (Å²) in [7, 11) is 0. The number of nitrogens with zero attached hydrogens (tertiary/aromatic N) is 4. The Morgan fingerprint density at radius 1 is 1.90 bits per heavy atom. The van der Waals surface area contributed by atoms with E-state index >= 15 is 0 Å². The molecule has 10 heavy (non-hydrogen) atoms. The summed E-state index contributed by atoms with van der Waals surface area (Å²) in [4.78, 5) is 6.67. The molecule has 0 aliphatic rings. The van der Waals surface area contributed by atoms with Gasteiger partial charge in [0.25, 0.3) is 0 Å². The Morgan fingerprint density at radius 2 is 2.70 bits per heavy atom. The molecule has 0 aliphatic carbocycles. The van der Waals surface area contributed by atoms with Gasteiger partial charge in [0.1, 0.15) is 0 Å². The summed E-state index contributed by atoms with van der Waals surface area (Å²) in [5, 5.41) is 5.37. The Hall–Kier alpha value is -1.06. The number of hydrogen-bond donors (Lipinski definition) is 0. The Labute approximate surface area is 62.2 Å². The van der Waals surface area contributed by atoms with E-state index in [0.29, 0.717) is 0 Å². The quantitative estimate of drug-likeness (QED) is 0.366. The van der Waals surface area contributed by atoms with Crippen LogP contribution in [0.3, 0.4) is 0 Å². The number of azide groups is 1. The number of aromatic nitrogens is 1. The van der Waals surface area contributed by atoms with Crippen molar-refractivity contribution in [1.29, 1.82) is 0 Å². The fourth-order valence-electron chi connectivity index (χ4n) is 0.565. The van der Waals surface area contributed by atoms with E-state index in [1.54, 1.807) is 5.51 Å². The lowest BCUT2D eigenvalue weighted by molar-refractivity contribution is 0.780. The van der Waals surface area contributed by atoms with Gasteiger partial charge in [0, 0.05) is 10.3 Å². The van der Waals surface area contributed by atoms with Gasteiger partial charge in [-0.3, -0.25) is 0 Å². The normalized spacial score (nSPS) is 12.1. The maximum atomic E-state index is 8.07. The van der Waals surface area contributed by atoms with Gasteiger partial charge in [-0.25, -0.2) is 4.98 Å². The van der Waals surface area contributed by atoms with Crippen molar-refractivity contribution in [3.63, 3.8) is 0 Å². The van der Waals surface area contributed by atoms with Crippen LogP contribution in [0, 0.1) is 0 Å². The van der Waals surface area contributed by atoms with Gasteiger partial charge in [-0.2, -0.15) is 0 Å². The molecule has 0 aliphatic heterocycles. The SMILES string of the molecule is C[C@@H](N=[N+]=[N-])c1cscn1. The lowest BCUT2D eigenvalue weighted by Crippen LogP contribution is -1.85. The molecule has 0 aromatic carbocycles. The summed E-state index contributed by atoms with van der Waals surface area (Å²) >= 11 is 1.50. The second-order valence-electron chi connectivity index (χ2n) is 1.79. The largest absolute Gasteiger partial charge is 0.249 e. The maximum Gasteiger partial charge on any atom is 0.0794 e. The van der Waals surface area contributed by atoms with Crippen LogP contribution in [0.1, 0.15) is 18.7 Å².